The lowest BCUT2D eigenvalue weighted by Gasteiger charge is -2.37. The summed E-state index contributed by atoms with van der Waals surface area (Å²) in [6.07, 6.45) is 4.56. The monoisotopic (exact) mass is 526 g/mol. The molecule has 2 aliphatic rings. The van der Waals surface area contributed by atoms with Crippen molar-refractivity contribution in [3.63, 3.8) is 0 Å². The summed E-state index contributed by atoms with van der Waals surface area (Å²) in [6, 6.07) is 22.8. The highest BCUT2D eigenvalue weighted by atomic mass is 16.5. The molecule has 0 bridgehead atoms. The first kappa shape index (κ1) is 23.4. The number of anilines is 1. The molecule has 6 aromatic rings. The minimum Gasteiger partial charge on any atom is -0.496 e. The molecule has 0 unspecified atom stereocenters. The van der Waals surface area contributed by atoms with Crippen LogP contribution in [0.1, 0.15) is 24.0 Å². The lowest BCUT2D eigenvalue weighted by molar-refractivity contribution is 0.397. The molecule has 198 valence electrons. The molecule has 0 fully saturated rings. The van der Waals surface area contributed by atoms with Crippen molar-refractivity contribution in [2.75, 3.05) is 32.2 Å². The minimum atomic E-state index is 0.486. The molecule has 0 amide bonds. The van der Waals surface area contributed by atoms with E-state index in [-0.39, 0.29) is 0 Å². The Morgan fingerprint density at radius 2 is 1.38 bits per heavy atom. The molecule has 5 heteroatoms. The normalized spacial score (nSPS) is 14.7. The fourth-order valence-electron chi connectivity index (χ4n) is 7.18. The zero-order valence-corrected chi connectivity index (χ0v) is 22.8. The molecular weight excluding hydrogens is 496 g/mol. The smallest absolute Gasteiger partial charge is 0.143 e. The molecule has 0 atom stereocenters. The lowest BCUT2D eigenvalue weighted by Crippen LogP contribution is -2.34. The van der Waals surface area contributed by atoms with Crippen LogP contribution >= 0.6 is 0 Å². The van der Waals surface area contributed by atoms with Crippen LogP contribution in [0.3, 0.4) is 0 Å². The van der Waals surface area contributed by atoms with Gasteiger partial charge in [-0.15, -0.1) is 0 Å². The number of ether oxygens (including phenoxy) is 2. The van der Waals surface area contributed by atoms with Gasteiger partial charge in [0.15, 0.2) is 0 Å². The van der Waals surface area contributed by atoms with Crippen LogP contribution in [-0.2, 0) is 12.8 Å². The van der Waals surface area contributed by atoms with E-state index in [1.165, 1.54) is 40.4 Å². The summed E-state index contributed by atoms with van der Waals surface area (Å²) < 4.78 is 18.8. The van der Waals surface area contributed by atoms with Gasteiger partial charge in [-0.1, -0.05) is 18.2 Å². The van der Waals surface area contributed by atoms with Crippen molar-refractivity contribution < 1.29 is 13.9 Å². The highest BCUT2D eigenvalue weighted by Crippen LogP contribution is 2.49. The van der Waals surface area contributed by atoms with Crippen molar-refractivity contribution in [2.24, 2.45) is 0 Å². The van der Waals surface area contributed by atoms with Crippen molar-refractivity contribution in [3.05, 3.63) is 83.2 Å². The van der Waals surface area contributed by atoms with Crippen molar-refractivity contribution in [3.8, 4) is 22.6 Å². The highest BCUT2D eigenvalue weighted by Gasteiger charge is 2.28. The van der Waals surface area contributed by atoms with Crippen molar-refractivity contribution >= 4 is 49.2 Å². The first-order valence-electron chi connectivity index (χ1n) is 14.1. The van der Waals surface area contributed by atoms with E-state index < -0.39 is 0 Å². The van der Waals surface area contributed by atoms with E-state index in [0.29, 0.717) is 5.36 Å². The summed E-state index contributed by atoms with van der Waals surface area (Å²) in [6.45, 7) is 2.30. The Morgan fingerprint density at radius 3 is 2.15 bits per heavy atom. The third-order valence-corrected chi connectivity index (χ3v) is 8.87. The van der Waals surface area contributed by atoms with E-state index in [9.17, 15) is 0 Å². The van der Waals surface area contributed by atoms with Crippen LogP contribution in [-0.4, -0.2) is 27.3 Å². The molecule has 2 aliphatic heterocycles. The predicted molar refractivity (Wildman–Crippen MR) is 162 cm³/mol. The predicted octanol–water partition coefficient (Wildman–Crippen LogP) is 7.75. The van der Waals surface area contributed by atoms with Crippen LogP contribution in [0.2, 0.25) is 0 Å². The molecule has 0 saturated carbocycles. The first-order chi connectivity index (χ1) is 19.7. The average molecular weight is 527 g/mol. The molecule has 40 heavy (non-hydrogen) atoms. The summed E-state index contributed by atoms with van der Waals surface area (Å²) in [5, 5.41) is 15.1. The van der Waals surface area contributed by atoms with Gasteiger partial charge in [0.25, 0.3) is 0 Å². The Kier molecular flexibility index (Phi) is 5.12. The zero-order chi connectivity index (χ0) is 27.0. The summed E-state index contributed by atoms with van der Waals surface area (Å²) in [5.74, 6) is 1.51. The Morgan fingerprint density at radius 1 is 0.700 bits per heavy atom. The Bertz CT molecular complexity index is 2050. The van der Waals surface area contributed by atoms with E-state index in [1.54, 1.807) is 14.2 Å². The summed E-state index contributed by atoms with van der Waals surface area (Å²) in [7, 11) is 3.42. The van der Waals surface area contributed by atoms with Gasteiger partial charge in [-0.2, -0.15) is 0 Å². The van der Waals surface area contributed by atoms with Gasteiger partial charge in [0, 0.05) is 45.9 Å². The fraction of sp³-hybridized carbons (Fsp3) is 0.229. The SMILES string of the molecule is COc1cccc(OC)c1-c1c2ccc3cc(=N)ccc3c2oc2c1ccc1c3c4c(cc12)CCCN4CCC3. The van der Waals surface area contributed by atoms with Gasteiger partial charge in [0.1, 0.15) is 22.7 Å². The van der Waals surface area contributed by atoms with Gasteiger partial charge in [-0.05, 0) is 96.1 Å². The Balaban J connectivity index is 1.60. The van der Waals surface area contributed by atoms with Crippen LogP contribution in [0.4, 0.5) is 5.69 Å². The number of methoxy groups -OCH3 is 2. The number of aryl methyl sites for hydroxylation is 2. The van der Waals surface area contributed by atoms with Crippen LogP contribution in [0.15, 0.2) is 71.1 Å². The largest absolute Gasteiger partial charge is 0.496 e. The molecule has 1 aromatic heterocycles. The molecule has 0 saturated heterocycles. The van der Waals surface area contributed by atoms with E-state index in [1.807, 2.05) is 36.4 Å². The first-order valence-corrected chi connectivity index (χ1v) is 14.1. The number of rotatable bonds is 3. The van der Waals surface area contributed by atoms with Gasteiger partial charge in [0.05, 0.1) is 25.1 Å². The van der Waals surface area contributed by atoms with E-state index in [0.717, 1.165) is 81.3 Å². The Hall–Kier alpha value is -4.51. The summed E-state index contributed by atoms with van der Waals surface area (Å²) in [5.41, 5.74) is 8.01. The second-order valence-electron chi connectivity index (χ2n) is 11.0. The van der Waals surface area contributed by atoms with Crippen molar-refractivity contribution in [1.29, 1.82) is 5.41 Å². The molecule has 0 radical (unpaired) electrons. The lowest BCUT2D eigenvalue weighted by atomic mass is 9.86. The molecule has 5 nitrogen and oxygen atoms in total. The van der Waals surface area contributed by atoms with Gasteiger partial charge < -0.3 is 24.2 Å². The minimum absolute atomic E-state index is 0.486. The van der Waals surface area contributed by atoms with E-state index >= 15 is 0 Å². The van der Waals surface area contributed by atoms with Crippen molar-refractivity contribution in [1.82, 2.24) is 0 Å². The van der Waals surface area contributed by atoms with E-state index in [2.05, 4.69) is 35.2 Å². The highest BCUT2D eigenvalue weighted by molar-refractivity contribution is 6.21. The maximum absolute atomic E-state index is 8.19. The Labute approximate surface area is 232 Å². The fourth-order valence-corrected chi connectivity index (χ4v) is 7.18. The number of nitrogens with zero attached hydrogens (tertiary/aromatic N) is 1. The van der Waals surface area contributed by atoms with E-state index in [4.69, 9.17) is 19.3 Å². The molecule has 0 spiro atoms. The van der Waals surface area contributed by atoms with Gasteiger partial charge in [-0.3, -0.25) is 0 Å². The molecule has 0 aliphatic carbocycles. The molecule has 5 aromatic carbocycles. The maximum atomic E-state index is 8.19. The molecule has 3 heterocycles. The van der Waals surface area contributed by atoms with Crippen LogP contribution in [0.25, 0.3) is 54.6 Å². The molecular formula is C35H30N2O3. The second kappa shape index (κ2) is 8.75. The van der Waals surface area contributed by atoms with Crippen LogP contribution < -0.4 is 19.7 Å². The average Bonchev–Trinajstić information content (AvgIpc) is 2.99. The number of fused-ring (bicyclic) bond motifs is 7. The maximum Gasteiger partial charge on any atom is 0.143 e. The standard InChI is InChI=1S/C35H30N2O3/c1-38-29-8-3-9-30(39-2)32(29)31-26-12-10-20-18-22(36)11-13-23(20)34(26)40-35-27(31)15-14-24-25-7-5-17-37-16-4-6-21(33(25)37)19-28(24)35/h3,8-15,18-19,36H,4-7,16-17H2,1-2H3. The van der Waals surface area contributed by atoms with Crippen molar-refractivity contribution in [2.45, 2.75) is 25.7 Å². The third-order valence-electron chi connectivity index (χ3n) is 8.87. The zero-order valence-electron chi connectivity index (χ0n) is 22.8. The quantitative estimate of drug-likeness (QED) is 0.189. The second-order valence-corrected chi connectivity index (χ2v) is 11.0. The number of hydrogen-bond donors (Lipinski definition) is 1. The summed E-state index contributed by atoms with van der Waals surface area (Å²) in [4.78, 5) is 2.59. The van der Waals surface area contributed by atoms with Crippen LogP contribution in [0, 0.1) is 5.41 Å². The number of hydrogen-bond acceptors (Lipinski definition) is 5. The van der Waals surface area contributed by atoms with Crippen LogP contribution in [0.5, 0.6) is 11.5 Å². The van der Waals surface area contributed by atoms with Gasteiger partial charge >= 0.3 is 0 Å². The third kappa shape index (κ3) is 3.24. The number of benzene rings is 5. The topological polar surface area (TPSA) is 58.7 Å². The molecule has 1 N–H and O–H groups in total. The van der Waals surface area contributed by atoms with Gasteiger partial charge in [-0.25, -0.2) is 0 Å². The molecule has 8 rings (SSSR count). The summed E-state index contributed by atoms with van der Waals surface area (Å²) >= 11 is 0. The number of nitrogens with one attached hydrogen (secondary N) is 1. The van der Waals surface area contributed by atoms with Gasteiger partial charge in [0.2, 0.25) is 0 Å².